The topological polar surface area (TPSA) is 102 Å². The van der Waals surface area contributed by atoms with Gasteiger partial charge < -0.3 is 10.5 Å². The summed E-state index contributed by atoms with van der Waals surface area (Å²) in [6.45, 7) is 0. The molecule has 23 heavy (non-hydrogen) atoms. The number of rotatable bonds is 4. The monoisotopic (exact) mass is 325 g/mol. The Morgan fingerprint density at radius 2 is 1.96 bits per heavy atom. The number of alkyl halides is 3. The summed E-state index contributed by atoms with van der Waals surface area (Å²) in [5, 5.41) is 3.55. The molecule has 0 unspecified atom stereocenters. The van der Waals surface area contributed by atoms with Crippen LogP contribution in [0.2, 0.25) is 0 Å². The Balaban J connectivity index is 2.06. The lowest BCUT2D eigenvalue weighted by atomic mass is 10.2. The molecule has 3 N–H and O–H groups in total. The van der Waals surface area contributed by atoms with Crippen LogP contribution in [0.5, 0.6) is 11.8 Å². The van der Waals surface area contributed by atoms with Crippen LogP contribution in [0.1, 0.15) is 11.3 Å². The molecule has 0 saturated heterocycles. The van der Waals surface area contributed by atoms with Gasteiger partial charge in [-0.2, -0.15) is 23.3 Å². The molecule has 0 spiro atoms. The van der Waals surface area contributed by atoms with Gasteiger partial charge in [-0.05, 0) is 35.9 Å². The largest absolute Gasteiger partial charge is 0.433 e. The summed E-state index contributed by atoms with van der Waals surface area (Å²) in [7, 11) is 0. The van der Waals surface area contributed by atoms with Crippen LogP contribution in [0.3, 0.4) is 0 Å². The predicted octanol–water partition coefficient (Wildman–Crippen LogP) is 2.29. The maximum Gasteiger partial charge on any atom is 0.433 e. The molecule has 120 valence electrons. The Hall–Kier alpha value is -3.17. The van der Waals surface area contributed by atoms with Crippen LogP contribution in [-0.2, 0) is 6.18 Å². The van der Waals surface area contributed by atoms with Gasteiger partial charge >= 0.3 is 18.2 Å². The highest BCUT2D eigenvalue weighted by Crippen LogP contribution is 2.28. The molecule has 0 radical (unpaired) electrons. The van der Waals surface area contributed by atoms with Crippen molar-refractivity contribution in [3.63, 3.8) is 0 Å². The standard InChI is InChI=1S/C13H10F3N5O2/c14-13(15,16)10-5-6-18-12(20-10)23-9-3-1-8(2-4-9)7-19-21-11(17)22/h1-7H,(H3,17,21,22). The quantitative estimate of drug-likeness (QED) is 0.665. The first-order valence-corrected chi connectivity index (χ1v) is 6.11. The van der Waals surface area contributed by atoms with Crippen molar-refractivity contribution in [2.75, 3.05) is 0 Å². The summed E-state index contributed by atoms with van der Waals surface area (Å²) in [6, 6.07) is 5.62. The van der Waals surface area contributed by atoms with E-state index in [0.29, 0.717) is 5.56 Å². The number of hydrogen-bond acceptors (Lipinski definition) is 5. The molecule has 2 amide bonds. The van der Waals surface area contributed by atoms with Crippen LogP contribution in [0, 0.1) is 0 Å². The zero-order chi connectivity index (χ0) is 16.9. The average molecular weight is 325 g/mol. The van der Waals surface area contributed by atoms with Gasteiger partial charge in [-0.25, -0.2) is 15.2 Å². The van der Waals surface area contributed by atoms with Crippen LogP contribution in [0.15, 0.2) is 41.6 Å². The summed E-state index contributed by atoms with van der Waals surface area (Å²) >= 11 is 0. The molecular formula is C13H10F3N5O2. The Morgan fingerprint density at radius 1 is 1.26 bits per heavy atom. The van der Waals surface area contributed by atoms with Crippen LogP contribution in [0.25, 0.3) is 0 Å². The molecule has 7 nitrogen and oxygen atoms in total. The van der Waals surface area contributed by atoms with Gasteiger partial charge in [0.1, 0.15) is 5.75 Å². The first-order chi connectivity index (χ1) is 10.8. The minimum Gasteiger partial charge on any atom is -0.424 e. The molecule has 0 bridgehead atoms. The molecule has 1 aromatic heterocycles. The molecule has 2 aromatic rings. The molecule has 1 aromatic carbocycles. The number of ether oxygens (including phenoxy) is 1. The Labute approximate surface area is 128 Å². The van der Waals surface area contributed by atoms with E-state index in [-0.39, 0.29) is 5.75 Å². The smallest absolute Gasteiger partial charge is 0.424 e. The number of primary amides is 1. The van der Waals surface area contributed by atoms with Crippen LogP contribution < -0.4 is 15.9 Å². The number of halogens is 3. The second-order valence-corrected chi connectivity index (χ2v) is 4.13. The highest BCUT2D eigenvalue weighted by molar-refractivity contribution is 5.81. The maximum atomic E-state index is 12.5. The number of nitrogens with zero attached hydrogens (tertiary/aromatic N) is 3. The molecule has 0 aliphatic carbocycles. The van der Waals surface area contributed by atoms with Crippen molar-refractivity contribution in [3.8, 4) is 11.8 Å². The van der Waals surface area contributed by atoms with E-state index in [0.717, 1.165) is 12.3 Å². The average Bonchev–Trinajstić information content (AvgIpc) is 2.48. The number of nitrogens with two attached hydrogens (primary N) is 1. The fourth-order valence-electron chi connectivity index (χ4n) is 1.45. The summed E-state index contributed by atoms with van der Waals surface area (Å²) < 4.78 is 42.8. The first-order valence-electron chi connectivity index (χ1n) is 6.11. The van der Waals surface area contributed by atoms with E-state index in [1.807, 2.05) is 5.43 Å². The molecular weight excluding hydrogens is 315 g/mol. The van der Waals surface area contributed by atoms with E-state index in [1.54, 1.807) is 12.1 Å². The van der Waals surface area contributed by atoms with Crippen molar-refractivity contribution in [1.29, 1.82) is 0 Å². The highest BCUT2D eigenvalue weighted by Gasteiger charge is 2.33. The third kappa shape index (κ3) is 4.95. The van der Waals surface area contributed by atoms with Crippen molar-refractivity contribution in [2.45, 2.75) is 6.18 Å². The Kier molecular flexibility index (Phi) is 4.74. The number of carbonyl (C=O) groups is 1. The minimum absolute atomic E-state index is 0.240. The third-order valence-corrected chi connectivity index (χ3v) is 2.40. The van der Waals surface area contributed by atoms with E-state index >= 15 is 0 Å². The molecule has 0 aliphatic heterocycles. The third-order valence-electron chi connectivity index (χ3n) is 2.40. The van der Waals surface area contributed by atoms with Gasteiger partial charge in [0.25, 0.3) is 0 Å². The summed E-state index contributed by atoms with van der Waals surface area (Å²) in [5.74, 6) is 0.240. The number of benzene rings is 1. The van der Waals surface area contributed by atoms with E-state index in [1.165, 1.54) is 18.3 Å². The van der Waals surface area contributed by atoms with Gasteiger partial charge in [-0.15, -0.1) is 0 Å². The van der Waals surface area contributed by atoms with E-state index in [2.05, 4.69) is 15.1 Å². The van der Waals surface area contributed by atoms with Gasteiger partial charge in [-0.1, -0.05) is 0 Å². The molecule has 10 heteroatoms. The molecule has 2 rings (SSSR count). The number of nitrogens with one attached hydrogen (secondary N) is 1. The van der Waals surface area contributed by atoms with E-state index in [4.69, 9.17) is 10.5 Å². The van der Waals surface area contributed by atoms with Crippen LogP contribution in [-0.4, -0.2) is 22.2 Å². The number of aromatic nitrogens is 2. The van der Waals surface area contributed by atoms with Gasteiger partial charge in [0.2, 0.25) is 0 Å². The zero-order valence-electron chi connectivity index (χ0n) is 11.4. The van der Waals surface area contributed by atoms with Gasteiger partial charge in [0.15, 0.2) is 5.69 Å². The first kappa shape index (κ1) is 16.2. The number of urea groups is 1. The summed E-state index contributed by atoms with van der Waals surface area (Å²) in [6.07, 6.45) is -2.29. The number of hydrazone groups is 1. The van der Waals surface area contributed by atoms with Crippen molar-refractivity contribution < 1.29 is 22.7 Å². The SMILES string of the molecule is NC(=O)NN=Cc1ccc(Oc2nccc(C(F)(F)F)n2)cc1. The fraction of sp³-hybridized carbons (Fsp3) is 0.0769. The van der Waals surface area contributed by atoms with E-state index in [9.17, 15) is 18.0 Å². The van der Waals surface area contributed by atoms with Gasteiger partial charge in [0, 0.05) is 6.20 Å². The highest BCUT2D eigenvalue weighted by atomic mass is 19.4. The lowest BCUT2D eigenvalue weighted by molar-refractivity contribution is -0.141. The second kappa shape index (κ2) is 6.73. The van der Waals surface area contributed by atoms with Gasteiger partial charge in [-0.3, -0.25) is 0 Å². The normalized spacial score (nSPS) is 11.4. The van der Waals surface area contributed by atoms with E-state index < -0.39 is 23.9 Å². The summed E-state index contributed by atoms with van der Waals surface area (Å²) in [4.78, 5) is 17.3. The number of hydrogen-bond donors (Lipinski definition) is 2. The van der Waals surface area contributed by atoms with Crippen molar-refractivity contribution >= 4 is 12.2 Å². The molecule has 0 saturated carbocycles. The Bertz CT molecular complexity index is 716. The number of carbonyl (C=O) groups excluding carboxylic acids is 1. The maximum absolute atomic E-state index is 12.5. The van der Waals surface area contributed by atoms with Crippen molar-refractivity contribution in [1.82, 2.24) is 15.4 Å². The molecule has 0 fully saturated rings. The minimum atomic E-state index is -4.57. The lowest BCUT2D eigenvalue weighted by Gasteiger charge is -2.07. The predicted molar refractivity (Wildman–Crippen MR) is 73.9 cm³/mol. The molecule has 1 heterocycles. The Morgan fingerprint density at radius 3 is 2.57 bits per heavy atom. The van der Waals surface area contributed by atoms with Crippen molar-refractivity contribution in [3.05, 3.63) is 47.8 Å². The zero-order valence-corrected chi connectivity index (χ0v) is 11.4. The second-order valence-electron chi connectivity index (χ2n) is 4.13. The lowest BCUT2D eigenvalue weighted by Crippen LogP contribution is -2.24. The van der Waals surface area contributed by atoms with Crippen molar-refractivity contribution in [2.24, 2.45) is 10.8 Å². The van der Waals surface area contributed by atoms with Gasteiger partial charge in [0.05, 0.1) is 6.21 Å². The summed E-state index contributed by atoms with van der Waals surface area (Å²) in [5.41, 5.74) is 6.36. The molecule has 0 atom stereocenters. The molecule has 0 aliphatic rings. The number of amides is 2. The van der Waals surface area contributed by atoms with Crippen LogP contribution >= 0.6 is 0 Å². The van der Waals surface area contributed by atoms with Crippen LogP contribution in [0.4, 0.5) is 18.0 Å². The fourth-order valence-corrected chi connectivity index (χ4v) is 1.45.